The van der Waals surface area contributed by atoms with E-state index in [0.717, 1.165) is 44.7 Å². The van der Waals surface area contributed by atoms with Crippen LogP contribution in [-0.2, 0) is 11.2 Å². The first-order chi connectivity index (χ1) is 14.2. The van der Waals surface area contributed by atoms with Gasteiger partial charge in [-0.1, -0.05) is 12.1 Å². The lowest BCUT2D eigenvalue weighted by Crippen LogP contribution is -2.40. The van der Waals surface area contributed by atoms with Gasteiger partial charge in [0.1, 0.15) is 0 Å². The van der Waals surface area contributed by atoms with Gasteiger partial charge in [-0.3, -0.25) is 9.69 Å². The molecule has 7 heteroatoms. The first kappa shape index (κ1) is 19.9. The van der Waals surface area contributed by atoms with Crippen molar-refractivity contribution in [2.45, 2.75) is 51.5 Å². The number of likely N-dealkylation sites (N-methyl/N-ethyl adjacent to an activating group) is 1. The van der Waals surface area contributed by atoms with Crippen molar-refractivity contribution in [1.29, 1.82) is 0 Å². The number of carbonyl (C=O) groups is 1. The summed E-state index contributed by atoms with van der Waals surface area (Å²) in [5.41, 5.74) is 2.18. The molecule has 2 aromatic rings. The molecule has 0 radical (unpaired) electrons. The molecule has 1 N–H and O–H groups in total. The Labute approximate surface area is 172 Å². The number of rotatable bonds is 8. The zero-order valence-corrected chi connectivity index (χ0v) is 17.3. The maximum Gasteiger partial charge on any atom is 0.227 e. The van der Waals surface area contributed by atoms with Crippen LogP contribution in [0.2, 0.25) is 0 Å². The fourth-order valence-electron chi connectivity index (χ4n) is 4.35. The number of hydrogen-bond donors (Lipinski definition) is 1. The number of hydrogen-bond acceptors (Lipinski definition) is 6. The molecule has 2 aliphatic heterocycles. The summed E-state index contributed by atoms with van der Waals surface area (Å²) in [7, 11) is 0. The van der Waals surface area contributed by atoms with Crippen molar-refractivity contribution < 1.29 is 9.32 Å². The normalized spacial score (nSPS) is 19.8. The molecule has 7 nitrogen and oxygen atoms in total. The van der Waals surface area contributed by atoms with E-state index < -0.39 is 0 Å². The van der Waals surface area contributed by atoms with E-state index in [1.54, 1.807) is 0 Å². The van der Waals surface area contributed by atoms with Crippen LogP contribution in [0.4, 0.5) is 5.69 Å². The van der Waals surface area contributed by atoms with Gasteiger partial charge in [0.25, 0.3) is 0 Å². The first-order valence-electron chi connectivity index (χ1n) is 10.9. The SMILES string of the molecule is CCN1CCCC1CNC(=O)CCc1nc(-c2ccc(N3CCCC3)cc2)no1. The Morgan fingerprint density at radius 3 is 2.72 bits per heavy atom. The van der Waals surface area contributed by atoms with Gasteiger partial charge in [-0.25, -0.2) is 0 Å². The summed E-state index contributed by atoms with van der Waals surface area (Å²) >= 11 is 0. The summed E-state index contributed by atoms with van der Waals surface area (Å²) in [6, 6.07) is 8.79. The molecule has 1 atom stereocenters. The van der Waals surface area contributed by atoms with E-state index in [2.05, 4.69) is 44.3 Å². The standard InChI is InChI=1S/C22H31N5O2/c1-2-26-15-5-6-19(26)16-23-20(28)11-12-21-24-22(25-29-21)17-7-9-18(10-8-17)27-13-3-4-14-27/h7-10,19H,2-6,11-16H2,1H3,(H,23,28). The number of benzene rings is 1. The van der Waals surface area contributed by atoms with Gasteiger partial charge in [0.15, 0.2) is 0 Å². The second-order valence-corrected chi connectivity index (χ2v) is 7.98. The molecule has 0 spiro atoms. The van der Waals surface area contributed by atoms with E-state index in [9.17, 15) is 4.79 Å². The Morgan fingerprint density at radius 2 is 1.97 bits per heavy atom. The second-order valence-electron chi connectivity index (χ2n) is 7.98. The summed E-state index contributed by atoms with van der Waals surface area (Å²) in [6.07, 6.45) is 5.75. The maximum atomic E-state index is 12.2. The van der Waals surface area contributed by atoms with Gasteiger partial charge >= 0.3 is 0 Å². The lowest BCUT2D eigenvalue weighted by molar-refractivity contribution is -0.121. The summed E-state index contributed by atoms with van der Waals surface area (Å²) < 4.78 is 5.35. The van der Waals surface area contributed by atoms with Crippen molar-refractivity contribution in [1.82, 2.24) is 20.4 Å². The van der Waals surface area contributed by atoms with Crippen LogP contribution in [0.15, 0.2) is 28.8 Å². The van der Waals surface area contributed by atoms with Gasteiger partial charge in [-0.05, 0) is 63.0 Å². The number of aromatic nitrogens is 2. The second kappa shape index (κ2) is 9.39. The quantitative estimate of drug-likeness (QED) is 0.738. The number of carbonyl (C=O) groups excluding carboxylic acids is 1. The molecule has 1 aromatic heterocycles. The third kappa shape index (κ3) is 4.96. The monoisotopic (exact) mass is 397 g/mol. The Kier molecular flexibility index (Phi) is 6.44. The van der Waals surface area contributed by atoms with Gasteiger partial charge in [-0.15, -0.1) is 0 Å². The van der Waals surface area contributed by atoms with E-state index in [4.69, 9.17) is 4.52 Å². The fourth-order valence-corrected chi connectivity index (χ4v) is 4.35. The molecular weight excluding hydrogens is 366 g/mol. The average molecular weight is 398 g/mol. The molecule has 2 saturated heterocycles. The van der Waals surface area contributed by atoms with Crippen molar-refractivity contribution in [3.05, 3.63) is 30.2 Å². The van der Waals surface area contributed by atoms with E-state index in [-0.39, 0.29) is 5.91 Å². The highest BCUT2D eigenvalue weighted by atomic mass is 16.5. The number of nitrogens with zero attached hydrogens (tertiary/aromatic N) is 4. The highest BCUT2D eigenvalue weighted by Crippen LogP contribution is 2.24. The highest BCUT2D eigenvalue weighted by molar-refractivity contribution is 5.76. The smallest absolute Gasteiger partial charge is 0.227 e. The predicted molar refractivity (Wildman–Crippen MR) is 113 cm³/mol. The van der Waals surface area contributed by atoms with Crippen molar-refractivity contribution in [2.75, 3.05) is 37.6 Å². The summed E-state index contributed by atoms with van der Waals surface area (Å²) in [4.78, 5) is 21.5. The molecule has 29 heavy (non-hydrogen) atoms. The van der Waals surface area contributed by atoms with Crippen LogP contribution in [0.3, 0.4) is 0 Å². The van der Waals surface area contributed by atoms with Crippen LogP contribution in [0.5, 0.6) is 0 Å². The number of aryl methyl sites for hydroxylation is 1. The van der Waals surface area contributed by atoms with Gasteiger partial charge in [0, 0.05) is 49.8 Å². The van der Waals surface area contributed by atoms with Crippen LogP contribution >= 0.6 is 0 Å². The van der Waals surface area contributed by atoms with E-state index >= 15 is 0 Å². The molecule has 1 aromatic carbocycles. The zero-order valence-electron chi connectivity index (χ0n) is 17.3. The van der Waals surface area contributed by atoms with E-state index in [1.165, 1.54) is 24.9 Å². The summed E-state index contributed by atoms with van der Waals surface area (Å²) in [5.74, 6) is 1.13. The van der Waals surface area contributed by atoms with Crippen LogP contribution in [-0.4, -0.2) is 59.7 Å². The number of nitrogens with one attached hydrogen (secondary N) is 1. The molecule has 0 aliphatic carbocycles. The number of likely N-dealkylation sites (tertiary alicyclic amines) is 1. The molecule has 2 aliphatic rings. The minimum absolute atomic E-state index is 0.0441. The third-order valence-corrected chi connectivity index (χ3v) is 6.07. The minimum Gasteiger partial charge on any atom is -0.372 e. The molecule has 1 unspecified atom stereocenters. The van der Waals surface area contributed by atoms with E-state index in [0.29, 0.717) is 30.6 Å². The van der Waals surface area contributed by atoms with Gasteiger partial charge in [0.2, 0.25) is 17.6 Å². The van der Waals surface area contributed by atoms with Crippen LogP contribution in [0, 0.1) is 0 Å². The molecule has 4 rings (SSSR count). The fraction of sp³-hybridized carbons (Fsp3) is 0.591. The maximum absolute atomic E-state index is 12.2. The molecule has 2 fully saturated rings. The average Bonchev–Trinajstić information content (AvgIpc) is 3.52. The molecule has 156 valence electrons. The lowest BCUT2D eigenvalue weighted by atomic mass is 10.2. The topological polar surface area (TPSA) is 74.5 Å². The largest absolute Gasteiger partial charge is 0.372 e. The van der Waals surface area contributed by atoms with Crippen LogP contribution in [0.1, 0.15) is 44.9 Å². The van der Waals surface area contributed by atoms with E-state index in [1.807, 2.05) is 12.1 Å². The molecule has 0 bridgehead atoms. The molecule has 1 amide bonds. The first-order valence-corrected chi connectivity index (χ1v) is 10.9. The Hall–Kier alpha value is -2.41. The van der Waals surface area contributed by atoms with Crippen molar-refractivity contribution in [3.63, 3.8) is 0 Å². The highest BCUT2D eigenvalue weighted by Gasteiger charge is 2.23. The number of anilines is 1. The Balaban J connectivity index is 1.25. The Bertz CT molecular complexity index is 798. The van der Waals surface area contributed by atoms with Crippen molar-refractivity contribution in [2.24, 2.45) is 0 Å². The van der Waals surface area contributed by atoms with Crippen molar-refractivity contribution in [3.8, 4) is 11.4 Å². The third-order valence-electron chi connectivity index (χ3n) is 6.07. The zero-order chi connectivity index (χ0) is 20.1. The van der Waals surface area contributed by atoms with Gasteiger partial charge in [-0.2, -0.15) is 4.98 Å². The number of amides is 1. The van der Waals surface area contributed by atoms with Crippen LogP contribution < -0.4 is 10.2 Å². The molecule has 3 heterocycles. The molecule has 0 saturated carbocycles. The lowest BCUT2D eigenvalue weighted by Gasteiger charge is -2.22. The Morgan fingerprint density at radius 1 is 1.17 bits per heavy atom. The van der Waals surface area contributed by atoms with Crippen LogP contribution in [0.25, 0.3) is 11.4 Å². The summed E-state index contributed by atoms with van der Waals surface area (Å²) in [5, 5.41) is 7.14. The predicted octanol–water partition coefficient (Wildman–Crippen LogP) is 2.87. The van der Waals surface area contributed by atoms with Gasteiger partial charge < -0.3 is 14.7 Å². The van der Waals surface area contributed by atoms with Gasteiger partial charge in [0.05, 0.1) is 0 Å². The summed E-state index contributed by atoms with van der Waals surface area (Å²) in [6.45, 7) is 7.35. The minimum atomic E-state index is 0.0441. The molecular formula is C22H31N5O2. The van der Waals surface area contributed by atoms with Crippen molar-refractivity contribution >= 4 is 11.6 Å².